The first kappa shape index (κ1) is 21.8. The van der Waals surface area contributed by atoms with Crippen molar-refractivity contribution in [2.45, 2.75) is 20.5 Å². The summed E-state index contributed by atoms with van der Waals surface area (Å²) >= 11 is 6.38. The lowest BCUT2D eigenvalue weighted by Crippen LogP contribution is -2.28. The molecule has 0 aliphatic carbocycles. The highest BCUT2D eigenvalue weighted by molar-refractivity contribution is 6.32. The minimum absolute atomic E-state index is 0.359. The van der Waals surface area contributed by atoms with E-state index in [9.17, 15) is 0 Å². The lowest BCUT2D eigenvalue weighted by molar-refractivity contribution is 0.301. The van der Waals surface area contributed by atoms with Crippen LogP contribution in [0.4, 0.5) is 17.5 Å². The molecule has 30 heavy (non-hydrogen) atoms. The largest absolute Gasteiger partial charge is 0.486 e. The van der Waals surface area contributed by atoms with Gasteiger partial charge < -0.3 is 20.3 Å². The van der Waals surface area contributed by atoms with E-state index >= 15 is 0 Å². The molecule has 8 heteroatoms. The van der Waals surface area contributed by atoms with E-state index in [0.29, 0.717) is 23.3 Å². The molecule has 0 radical (unpaired) electrons. The van der Waals surface area contributed by atoms with E-state index in [0.717, 1.165) is 43.4 Å². The summed E-state index contributed by atoms with van der Waals surface area (Å²) in [5.41, 5.74) is 1.62. The van der Waals surface area contributed by atoms with E-state index in [-0.39, 0.29) is 0 Å². The molecule has 158 valence electrons. The predicted octanol–water partition coefficient (Wildman–Crippen LogP) is 4.60. The quantitative estimate of drug-likeness (QED) is 0.464. The van der Waals surface area contributed by atoms with Crippen molar-refractivity contribution in [3.8, 4) is 5.75 Å². The van der Waals surface area contributed by atoms with E-state index in [1.807, 2.05) is 36.4 Å². The van der Waals surface area contributed by atoms with Gasteiger partial charge in [0.15, 0.2) is 0 Å². The molecule has 3 aromatic rings. The molecule has 0 atom stereocenters. The average Bonchev–Trinajstić information content (AvgIpc) is 2.77. The van der Waals surface area contributed by atoms with Crippen LogP contribution in [0.3, 0.4) is 0 Å². The van der Waals surface area contributed by atoms with Crippen molar-refractivity contribution >= 4 is 29.1 Å². The van der Waals surface area contributed by atoms with Gasteiger partial charge in [0.05, 0.1) is 10.7 Å². The highest BCUT2D eigenvalue weighted by Crippen LogP contribution is 2.29. The zero-order valence-electron chi connectivity index (χ0n) is 17.3. The number of ether oxygens (including phenoxy) is 1. The SMILES string of the molecule is CCN(CC)CCNc1ccnc(Nc2ccc(OCc3ccccn3)c(Cl)c2)n1. The molecule has 0 amide bonds. The Bertz CT molecular complexity index is 921. The smallest absolute Gasteiger partial charge is 0.229 e. The molecular formula is C22H27ClN6O. The first-order valence-electron chi connectivity index (χ1n) is 10.1. The molecular weight excluding hydrogens is 400 g/mol. The molecule has 7 nitrogen and oxygen atoms in total. The van der Waals surface area contributed by atoms with E-state index in [2.05, 4.69) is 44.3 Å². The van der Waals surface area contributed by atoms with Gasteiger partial charge in [-0.3, -0.25) is 4.98 Å². The predicted molar refractivity (Wildman–Crippen MR) is 122 cm³/mol. The summed E-state index contributed by atoms with van der Waals surface area (Å²) in [6, 6.07) is 13.0. The highest BCUT2D eigenvalue weighted by atomic mass is 35.5. The van der Waals surface area contributed by atoms with Crippen molar-refractivity contribution in [3.63, 3.8) is 0 Å². The third-order valence-electron chi connectivity index (χ3n) is 4.57. The van der Waals surface area contributed by atoms with Gasteiger partial charge in [0.1, 0.15) is 18.2 Å². The lowest BCUT2D eigenvalue weighted by atomic mass is 10.3. The Balaban J connectivity index is 1.56. The Morgan fingerprint density at radius 2 is 1.90 bits per heavy atom. The van der Waals surface area contributed by atoms with Crippen molar-refractivity contribution < 1.29 is 4.74 Å². The van der Waals surface area contributed by atoms with Crippen LogP contribution in [0.25, 0.3) is 0 Å². The number of benzene rings is 1. The summed E-state index contributed by atoms with van der Waals surface area (Å²) < 4.78 is 5.76. The first-order chi connectivity index (χ1) is 14.7. The molecule has 0 aliphatic rings. The van der Waals surface area contributed by atoms with Gasteiger partial charge in [-0.2, -0.15) is 4.98 Å². The molecule has 2 aromatic heterocycles. The summed E-state index contributed by atoms with van der Waals surface area (Å²) in [7, 11) is 0. The molecule has 0 saturated heterocycles. The normalized spacial score (nSPS) is 10.8. The fourth-order valence-corrected chi connectivity index (χ4v) is 3.09. The Morgan fingerprint density at radius 1 is 1.03 bits per heavy atom. The Labute approximate surface area is 182 Å². The third kappa shape index (κ3) is 6.57. The molecule has 1 aromatic carbocycles. The second-order valence-corrected chi connectivity index (χ2v) is 7.01. The number of hydrogen-bond donors (Lipinski definition) is 2. The fraction of sp³-hybridized carbons (Fsp3) is 0.318. The highest BCUT2D eigenvalue weighted by Gasteiger charge is 2.06. The van der Waals surface area contributed by atoms with E-state index < -0.39 is 0 Å². The summed E-state index contributed by atoms with van der Waals surface area (Å²) in [6.45, 7) is 8.56. The summed E-state index contributed by atoms with van der Waals surface area (Å²) in [5.74, 6) is 1.88. The van der Waals surface area contributed by atoms with Crippen LogP contribution in [0.5, 0.6) is 5.75 Å². The van der Waals surface area contributed by atoms with Crippen LogP contribution >= 0.6 is 11.6 Å². The van der Waals surface area contributed by atoms with Gasteiger partial charge in [-0.25, -0.2) is 4.98 Å². The second kappa shape index (κ2) is 11.3. The summed E-state index contributed by atoms with van der Waals surface area (Å²) in [6.07, 6.45) is 3.46. The van der Waals surface area contributed by atoms with Crippen molar-refractivity contribution in [2.75, 3.05) is 36.8 Å². The molecule has 0 spiro atoms. The number of likely N-dealkylation sites (N-methyl/N-ethyl adjacent to an activating group) is 1. The van der Waals surface area contributed by atoms with Crippen molar-refractivity contribution in [1.29, 1.82) is 0 Å². The Kier molecular flexibility index (Phi) is 8.23. The molecule has 3 rings (SSSR count). The minimum atomic E-state index is 0.359. The van der Waals surface area contributed by atoms with Gasteiger partial charge in [0.25, 0.3) is 0 Å². The topological polar surface area (TPSA) is 75.2 Å². The Morgan fingerprint density at radius 3 is 2.63 bits per heavy atom. The number of aromatic nitrogens is 3. The van der Waals surface area contributed by atoms with Crippen LogP contribution in [0.2, 0.25) is 5.02 Å². The molecule has 2 heterocycles. The lowest BCUT2D eigenvalue weighted by Gasteiger charge is -2.18. The zero-order valence-corrected chi connectivity index (χ0v) is 18.1. The number of hydrogen-bond acceptors (Lipinski definition) is 7. The van der Waals surface area contributed by atoms with Gasteiger partial charge in [-0.15, -0.1) is 0 Å². The van der Waals surface area contributed by atoms with Gasteiger partial charge in [-0.05, 0) is 49.5 Å². The number of nitrogens with zero attached hydrogens (tertiary/aromatic N) is 4. The zero-order chi connectivity index (χ0) is 21.2. The molecule has 0 saturated carbocycles. The van der Waals surface area contributed by atoms with Gasteiger partial charge in [0, 0.05) is 31.2 Å². The number of rotatable bonds is 11. The molecule has 0 fully saturated rings. The van der Waals surface area contributed by atoms with Crippen molar-refractivity contribution in [3.05, 3.63) is 65.6 Å². The summed E-state index contributed by atoms with van der Waals surface area (Å²) in [5, 5.41) is 7.02. The first-order valence-corrected chi connectivity index (χ1v) is 10.4. The van der Waals surface area contributed by atoms with Crippen LogP contribution in [0, 0.1) is 0 Å². The van der Waals surface area contributed by atoms with Gasteiger partial charge >= 0.3 is 0 Å². The number of pyridine rings is 1. The molecule has 0 unspecified atom stereocenters. The number of halogens is 1. The van der Waals surface area contributed by atoms with Crippen LogP contribution in [0.1, 0.15) is 19.5 Å². The molecule has 0 bridgehead atoms. The van der Waals surface area contributed by atoms with Crippen molar-refractivity contribution in [1.82, 2.24) is 19.9 Å². The van der Waals surface area contributed by atoms with Gasteiger partial charge in [-0.1, -0.05) is 31.5 Å². The monoisotopic (exact) mass is 426 g/mol. The standard InChI is InChI=1S/C22H27ClN6O/c1-3-29(4-2)14-13-25-21-10-12-26-22(28-21)27-17-8-9-20(19(23)15-17)30-16-18-7-5-6-11-24-18/h5-12,15H,3-4,13-14,16H2,1-2H3,(H2,25,26,27,28). The number of nitrogens with one attached hydrogen (secondary N) is 2. The summed E-state index contributed by atoms with van der Waals surface area (Å²) in [4.78, 5) is 15.4. The minimum Gasteiger partial charge on any atom is -0.486 e. The molecule has 0 aliphatic heterocycles. The second-order valence-electron chi connectivity index (χ2n) is 6.60. The maximum absolute atomic E-state index is 6.38. The van der Waals surface area contributed by atoms with E-state index in [1.54, 1.807) is 18.5 Å². The Hall–Kier alpha value is -2.90. The average molecular weight is 427 g/mol. The maximum atomic E-state index is 6.38. The van der Waals surface area contributed by atoms with Crippen LogP contribution in [-0.2, 0) is 6.61 Å². The van der Waals surface area contributed by atoms with E-state index in [4.69, 9.17) is 16.3 Å². The maximum Gasteiger partial charge on any atom is 0.229 e. The van der Waals surface area contributed by atoms with Crippen LogP contribution in [0.15, 0.2) is 54.9 Å². The van der Waals surface area contributed by atoms with E-state index in [1.165, 1.54) is 0 Å². The fourth-order valence-electron chi connectivity index (χ4n) is 2.86. The van der Waals surface area contributed by atoms with Crippen molar-refractivity contribution in [2.24, 2.45) is 0 Å². The van der Waals surface area contributed by atoms with Gasteiger partial charge in [0.2, 0.25) is 5.95 Å². The third-order valence-corrected chi connectivity index (χ3v) is 4.87. The number of anilines is 3. The van der Waals surface area contributed by atoms with Crippen LogP contribution < -0.4 is 15.4 Å². The molecule has 2 N–H and O–H groups in total. The van der Waals surface area contributed by atoms with Crippen LogP contribution in [-0.4, -0.2) is 46.0 Å².